The summed E-state index contributed by atoms with van der Waals surface area (Å²) in [5.41, 5.74) is 0.745. The van der Waals surface area contributed by atoms with Gasteiger partial charge in [-0.15, -0.1) is 0 Å². The van der Waals surface area contributed by atoms with Crippen LogP contribution in [0, 0.1) is 5.92 Å². The number of halogens is 1. The van der Waals surface area contributed by atoms with Gasteiger partial charge in [-0.3, -0.25) is 9.48 Å². The second-order valence-electron chi connectivity index (χ2n) is 4.39. The largest absolute Gasteiger partial charge is 0.292 e. The lowest BCUT2D eigenvalue weighted by Crippen LogP contribution is -2.24. The van der Waals surface area contributed by atoms with E-state index in [9.17, 15) is 4.79 Å². The van der Waals surface area contributed by atoms with Crippen LogP contribution in [0.15, 0.2) is 10.7 Å². The summed E-state index contributed by atoms with van der Waals surface area (Å²) in [5, 5.41) is 4.29. The Morgan fingerprint density at radius 1 is 1.60 bits per heavy atom. The maximum absolute atomic E-state index is 12.0. The van der Waals surface area contributed by atoms with Gasteiger partial charge in [0, 0.05) is 5.92 Å². The van der Waals surface area contributed by atoms with Crippen LogP contribution < -0.4 is 0 Å². The zero-order valence-electron chi connectivity index (χ0n) is 9.03. The van der Waals surface area contributed by atoms with Gasteiger partial charge in [0.15, 0.2) is 5.78 Å². The van der Waals surface area contributed by atoms with E-state index in [1.807, 2.05) is 18.5 Å². The van der Waals surface area contributed by atoms with Crippen LogP contribution in [0.3, 0.4) is 0 Å². The Hall–Kier alpha value is -0.640. The molecule has 1 aliphatic carbocycles. The Labute approximate surface area is 98.0 Å². The van der Waals surface area contributed by atoms with Crippen molar-refractivity contribution in [2.24, 2.45) is 5.92 Å². The average Bonchev–Trinajstić information content (AvgIpc) is 2.43. The van der Waals surface area contributed by atoms with Gasteiger partial charge in [0.25, 0.3) is 0 Å². The molecule has 0 amide bonds. The highest BCUT2D eigenvalue weighted by atomic mass is 79.9. The summed E-state index contributed by atoms with van der Waals surface area (Å²) < 4.78 is 2.73. The van der Waals surface area contributed by atoms with Gasteiger partial charge >= 0.3 is 0 Å². The van der Waals surface area contributed by atoms with Gasteiger partial charge in [0.05, 0.1) is 16.7 Å². The first-order chi connectivity index (χ1) is 7.11. The minimum absolute atomic E-state index is 0.0248. The third-order valence-corrected chi connectivity index (χ3v) is 3.51. The van der Waals surface area contributed by atoms with E-state index < -0.39 is 0 Å². The first kappa shape index (κ1) is 10.9. The van der Waals surface area contributed by atoms with Crippen molar-refractivity contribution in [2.75, 3.05) is 0 Å². The number of Topliss-reactive ketones (excluding diaryl/α,β-unsaturated/α-hetero) is 1. The molecule has 1 fully saturated rings. The highest BCUT2D eigenvalue weighted by molar-refractivity contribution is 9.10. The quantitative estimate of drug-likeness (QED) is 0.791. The van der Waals surface area contributed by atoms with E-state index >= 15 is 0 Å². The van der Waals surface area contributed by atoms with Gasteiger partial charge < -0.3 is 0 Å². The number of carbonyl (C=O) groups excluding carboxylic acids is 1. The molecule has 1 saturated carbocycles. The Balaban J connectivity index is 2.35. The predicted molar refractivity (Wildman–Crippen MR) is 62.0 cm³/mol. The van der Waals surface area contributed by atoms with E-state index in [4.69, 9.17) is 0 Å². The highest BCUT2D eigenvalue weighted by Gasteiger charge is 2.27. The average molecular weight is 271 g/mol. The van der Waals surface area contributed by atoms with Crippen LogP contribution in [-0.4, -0.2) is 15.6 Å². The van der Waals surface area contributed by atoms with Crippen molar-refractivity contribution >= 4 is 21.7 Å². The van der Waals surface area contributed by atoms with Crippen molar-refractivity contribution in [3.8, 4) is 0 Å². The molecule has 0 aliphatic heterocycles. The fourth-order valence-corrected chi connectivity index (χ4v) is 2.22. The van der Waals surface area contributed by atoms with Gasteiger partial charge in [0.2, 0.25) is 0 Å². The smallest absolute Gasteiger partial charge is 0.184 e. The zero-order valence-corrected chi connectivity index (χ0v) is 10.6. The first-order valence-electron chi connectivity index (χ1n) is 5.38. The fraction of sp³-hybridized carbons (Fsp3) is 0.636. The van der Waals surface area contributed by atoms with Crippen LogP contribution in [0.2, 0.25) is 0 Å². The van der Waals surface area contributed by atoms with Crippen molar-refractivity contribution in [3.05, 3.63) is 16.4 Å². The summed E-state index contributed by atoms with van der Waals surface area (Å²) in [7, 11) is 0. The monoisotopic (exact) mass is 270 g/mol. The summed E-state index contributed by atoms with van der Waals surface area (Å²) in [6.07, 6.45) is 5.27. The number of ketones is 1. The third kappa shape index (κ3) is 1.87. The molecule has 0 radical (unpaired) electrons. The van der Waals surface area contributed by atoms with Crippen LogP contribution in [0.1, 0.15) is 49.6 Å². The summed E-state index contributed by atoms with van der Waals surface area (Å²) >= 11 is 3.40. The third-order valence-electron chi connectivity index (χ3n) is 2.93. The maximum atomic E-state index is 12.0. The molecular formula is C11H15BrN2O. The molecule has 1 aromatic heterocycles. The van der Waals surface area contributed by atoms with Crippen LogP contribution >= 0.6 is 15.9 Å². The molecule has 1 heterocycles. The molecule has 1 aromatic rings. The number of hydrogen-bond donors (Lipinski definition) is 0. The standard InChI is InChI=1S/C11H15BrN2O/c1-7(2)11(15)10-9(12)6-13-14(10)8-4-3-5-8/h6-8H,3-5H2,1-2H3. The van der Waals surface area contributed by atoms with E-state index in [0.29, 0.717) is 6.04 Å². The van der Waals surface area contributed by atoms with E-state index in [-0.39, 0.29) is 11.7 Å². The van der Waals surface area contributed by atoms with Crippen molar-refractivity contribution in [1.29, 1.82) is 0 Å². The number of nitrogens with zero attached hydrogens (tertiary/aromatic N) is 2. The van der Waals surface area contributed by atoms with Gasteiger partial charge in [-0.05, 0) is 35.2 Å². The Morgan fingerprint density at radius 2 is 2.27 bits per heavy atom. The Morgan fingerprint density at radius 3 is 2.73 bits per heavy atom. The lowest BCUT2D eigenvalue weighted by atomic mass is 9.92. The fourth-order valence-electron chi connectivity index (χ4n) is 1.75. The molecule has 0 spiro atoms. The van der Waals surface area contributed by atoms with E-state index in [1.54, 1.807) is 6.20 Å². The van der Waals surface area contributed by atoms with Crippen LogP contribution in [0.25, 0.3) is 0 Å². The molecule has 3 nitrogen and oxygen atoms in total. The molecule has 0 saturated heterocycles. The summed E-state index contributed by atoms with van der Waals surface area (Å²) in [5.74, 6) is 0.197. The first-order valence-corrected chi connectivity index (χ1v) is 6.17. The topological polar surface area (TPSA) is 34.9 Å². The molecule has 0 N–H and O–H groups in total. The van der Waals surface area contributed by atoms with E-state index in [2.05, 4.69) is 21.0 Å². The van der Waals surface area contributed by atoms with E-state index in [1.165, 1.54) is 6.42 Å². The van der Waals surface area contributed by atoms with Crippen molar-refractivity contribution < 1.29 is 4.79 Å². The zero-order chi connectivity index (χ0) is 11.0. The van der Waals surface area contributed by atoms with Gasteiger partial charge in [-0.25, -0.2) is 0 Å². The highest BCUT2D eigenvalue weighted by Crippen LogP contribution is 2.34. The number of aromatic nitrogens is 2. The normalized spacial score (nSPS) is 16.8. The molecular weight excluding hydrogens is 256 g/mol. The molecule has 15 heavy (non-hydrogen) atoms. The number of rotatable bonds is 3. The van der Waals surface area contributed by atoms with Gasteiger partial charge in [-0.1, -0.05) is 13.8 Å². The number of carbonyl (C=O) groups is 1. The van der Waals surface area contributed by atoms with E-state index in [0.717, 1.165) is 23.0 Å². The second-order valence-corrected chi connectivity index (χ2v) is 5.24. The lowest BCUT2D eigenvalue weighted by Gasteiger charge is -2.27. The predicted octanol–water partition coefficient (Wildman–Crippen LogP) is 3.21. The van der Waals surface area contributed by atoms with Gasteiger partial charge in [0.1, 0.15) is 5.69 Å². The van der Waals surface area contributed by atoms with Crippen LogP contribution in [0.5, 0.6) is 0 Å². The summed E-state index contributed by atoms with van der Waals surface area (Å²) in [6.45, 7) is 3.85. The van der Waals surface area contributed by atoms with Crippen molar-refractivity contribution in [2.45, 2.75) is 39.2 Å². The summed E-state index contributed by atoms with van der Waals surface area (Å²) in [6, 6.07) is 0.439. The Kier molecular flexibility index (Phi) is 2.96. The molecule has 0 bridgehead atoms. The molecule has 2 rings (SSSR count). The molecule has 4 heteroatoms. The molecule has 0 unspecified atom stereocenters. The minimum Gasteiger partial charge on any atom is -0.292 e. The number of hydrogen-bond acceptors (Lipinski definition) is 2. The van der Waals surface area contributed by atoms with Crippen molar-refractivity contribution in [3.63, 3.8) is 0 Å². The molecule has 0 atom stereocenters. The molecule has 0 aromatic carbocycles. The minimum atomic E-state index is 0.0248. The maximum Gasteiger partial charge on any atom is 0.184 e. The van der Waals surface area contributed by atoms with Crippen LogP contribution in [-0.2, 0) is 0 Å². The van der Waals surface area contributed by atoms with Crippen LogP contribution in [0.4, 0.5) is 0 Å². The van der Waals surface area contributed by atoms with Crippen molar-refractivity contribution in [1.82, 2.24) is 9.78 Å². The summed E-state index contributed by atoms with van der Waals surface area (Å²) in [4.78, 5) is 12.0. The van der Waals surface area contributed by atoms with Gasteiger partial charge in [-0.2, -0.15) is 5.10 Å². The molecule has 82 valence electrons. The Bertz CT molecular complexity index is 380. The molecule has 1 aliphatic rings. The second kappa shape index (κ2) is 4.08. The lowest BCUT2D eigenvalue weighted by molar-refractivity contribution is 0.0920. The SMILES string of the molecule is CC(C)C(=O)c1c(Br)cnn1C1CCC1.